The van der Waals surface area contributed by atoms with Gasteiger partial charge in [0.15, 0.2) is 0 Å². The van der Waals surface area contributed by atoms with Crippen LogP contribution in [0.25, 0.3) is 11.1 Å². The highest BCUT2D eigenvalue weighted by molar-refractivity contribution is 5.69. The molecule has 0 unspecified atom stereocenters. The van der Waals surface area contributed by atoms with Crippen molar-refractivity contribution in [3.63, 3.8) is 0 Å². The third-order valence-electron chi connectivity index (χ3n) is 5.15. The van der Waals surface area contributed by atoms with E-state index >= 15 is 0 Å². The van der Waals surface area contributed by atoms with Crippen LogP contribution in [0.3, 0.4) is 0 Å². The highest BCUT2D eigenvalue weighted by Gasteiger charge is 2.22. The van der Waals surface area contributed by atoms with E-state index in [1.165, 1.54) is 5.56 Å². The van der Waals surface area contributed by atoms with Crippen LogP contribution in [0.15, 0.2) is 66.7 Å². The van der Waals surface area contributed by atoms with Gasteiger partial charge in [-0.05, 0) is 44.1 Å². The summed E-state index contributed by atoms with van der Waals surface area (Å²) in [4.78, 5) is 2.42. The van der Waals surface area contributed by atoms with Crippen LogP contribution in [0.1, 0.15) is 39.0 Å². The summed E-state index contributed by atoms with van der Waals surface area (Å²) in [6.07, 6.45) is 0.765. The SMILES string of the molecule is CCN(CC)CC(C)(C)Nc1cc(-c2ccccc2)c(Cc2ccccc2)nn1. The molecule has 4 nitrogen and oxygen atoms in total. The van der Waals surface area contributed by atoms with Gasteiger partial charge >= 0.3 is 0 Å². The molecule has 0 saturated heterocycles. The number of aromatic nitrogens is 2. The molecule has 2 aromatic carbocycles. The van der Waals surface area contributed by atoms with Crippen LogP contribution in [0, 0.1) is 0 Å². The van der Waals surface area contributed by atoms with Gasteiger partial charge in [-0.15, -0.1) is 5.10 Å². The Morgan fingerprint density at radius 2 is 1.48 bits per heavy atom. The zero-order valence-electron chi connectivity index (χ0n) is 18.0. The lowest BCUT2D eigenvalue weighted by molar-refractivity contribution is 0.257. The molecule has 1 heterocycles. The predicted octanol–water partition coefficient (Wildman–Crippen LogP) is 5.27. The number of hydrogen-bond donors (Lipinski definition) is 1. The maximum atomic E-state index is 4.63. The Morgan fingerprint density at radius 1 is 0.862 bits per heavy atom. The Bertz CT molecular complexity index is 887. The Hall–Kier alpha value is -2.72. The number of rotatable bonds is 9. The predicted molar refractivity (Wildman–Crippen MR) is 122 cm³/mol. The standard InChI is InChI=1S/C25H32N4/c1-5-29(6-2)19-25(3,4)26-24-18-22(21-15-11-8-12-16-21)23(27-28-24)17-20-13-9-7-10-14-20/h7-16,18H,5-6,17,19H2,1-4H3,(H,26,28). The van der Waals surface area contributed by atoms with Gasteiger partial charge in [0, 0.05) is 24.1 Å². The fourth-order valence-electron chi connectivity index (χ4n) is 3.66. The highest BCUT2D eigenvalue weighted by atomic mass is 15.2. The van der Waals surface area contributed by atoms with Crippen molar-refractivity contribution in [2.45, 2.75) is 39.7 Å². The molecule has 0 spiro atoms. The second-order valence-corrected chi connectivity index (χ2v) is 8.09. The average Bonchev–Trinajstić information content (AvgIpc) is 2.74. The second kappa shape index (κ2) is 9.66. The topological polar surface area (TPSA) is 41.0 Å². The highest BCUT2D eigenvalue weighted by Crippen LogP contribution is 2.27. The molecule has 0 fully saturated rings. The molecular weight excluding hydrogens is 356 g/mol. The van der Waals surface area contributed by atoms with E-state index in [1.54, 1.807) is 0 Å². The van der Waals surface area contributed by atoms with Crippen LogP contribution in [-0.4, -0.2) is 40.3 Å². The first kappa shape index (κ1) is 21.0. The number of likely N-dealkylation sites (N-methyl/N-ethyl adjacent to an activating group) is 1. The maximum absolute atomic E-state index is 4.63. The van der Waals surface area contributed by atoms with E-state index in [9.17, 15) is 0 Å². The fraction of sp³-hybridized carbons (Fsp3) is 0.360. The summed E-state index contributed by atoms with van der Waals surface area (Å²) in [5, 5.41) is 12.8. The molecule has 1 N–H and O–H groups in total. The number of hydrogen-bond acceptors (Lipinski definition) is 4. The van der Waals surface area contributed by atoms with Crippen LogP contribution in [0.5, 0.6) is 0 Å². The van der Waals surface area contributed by atoms with Crippen molar-refractivity contribution < 1.29 is 0 Å². The number of anilines is 1. The van der Waals surface area contributed by atoms with E-state index in [2.05, 4.69) is 103 Å². The van der Waals surface area contributed by atoms with Crippen molar-refractivity contribution >= 4 is 5.82 Å². The third kappa shape index (κ3) is 5.88. The molecule has 29 heavy (non-hydrogen) atoms. The molecule has 4 heteroatoms. The molecule has 152 valence electrons. The zero-order chi connectivity index (χ0) is 20.7. The molecule has 0 bridgehead atoms. The van der Waals surface area contributed by atoms with Gasteiger partial charge in [-0.2, -0.15) is 5.10 Å². The lowest BCUT2D eigenvalue weighted by Crippen LogP contribution is -2.44. The van der Waals surface area contributed by atoms with Gasteiger partial charge in [-0.1, -0.05) is 74.5 Å². The molecular formula is C25H32N4. The Labute approximate surface area is 175 Å². The van der Waals surface area contributed by atoms with E-state index in [1.807, 2.05) is 12.1 Å². The minimum absolute atomic E-state index is 0.102. The molecule has 0 aliphatic rings. The van der Waals surface area contributed by atoms with Gasteiger partial charge < -0.3 is 10.2 Å². The average molecular weight is 389 g/mol. The smallest absolute Gasteiger partial charge is 0.149 e. The van der Waals surface area contributed by atoms with Crippen LogP contribution in [-0.2, 0) is 6.42 Å². The lowest BCUT2D eigenvalue weighted by atomic mass is 9.99. The Morgan fingerprint density at radius 3 is 2.10 bits per heavy atom. The van der Waals surface area contributed by atoms with Crippen LogP contribution >= 0.6 is 0 Å². The summed E-state index contributed by atoms with van der Waals surface area (Å²) < 4.78 is 0. The minimum Gasteiger partial charge on any atom is -0.362 e. The summed E-state index contributed by atoms with van der Waals surface area (Å²) in [5.41, 5.74) is 4.43. The summed E-state index contributed by atoms with van der Waals surface area (Å²) in [6.45, 7) is 11.9. The number of nitrogens with zero attached hydrogens (tertiary/aromatic N) is 3. The van der Waals surface area contributed by atoms with E-state index in [-0.39, 0.29) is 5.54 Å². The molecule has 0 saturated carbocycles. The van der Waals surface area contributed by atoms with Gasteiger partial charge in [-0.25, -0.2) is 0 Å². The quantitative estimate of drug-likeness (QED) is 0.542. The maximum Gasteiger partial charge on any atom is 0.149 e. The summed E-state index contributed by atoms with van der Waals surface area (Å²) >= 11 is 0. The van der Waals surface area contributed by atoms with Crippen LogP contribution in [0.4, 0.5) is 5.82 Å². The molecule has 1 aromatic heterocycles. The molecule has 3 rings (SSSR count). The van der Waals surface area contributed by atoms with Crippen molar-refractivity contribution in [1.82, 2.24) is 15.1 Å². The third-order valence-corrected chi connectivity index (χ3v) is 5.15. The van der Waals surface area contributed by atoms with Crippen LogP contribution in [0.2, 0.25) is 0 Å². The van der Waals surface area contributed by atoms with Crippen molar-refractivity contribution in [2.24, 2.45) is 0 Å². The van der Waals surface area contributed by atoms with Gasteiger partial charge in [0.1, 0.15) is 5.82 Å². The van der Waals surface area contributed by atoms with E-state index in [0.29, 0.717) is 0 Å². The van der Waals surface area contributed by atoms with Gasteiger partial charge in [0.25, 0.3) is 0 Å². The first-order valence-electron chi connectivity index (χ1n) is 10.5. The second-order valence-electron chi connectivity index (χ2n) is 8.09. The summed E-state index contributed by atoms with van der Waals surface area (Å²) in [6, 6.07) is 23.0. The van der Waals surface area contributed by atoms with Crippen molar-refractivity contribution in [2.75, 3.05) is 25.0 Å². The first-order valence-corrected chi connectivity index (χ1v) is 10.5. The normalized spacial score (nSPS) is 11.6. The van der Waals surface area contributed by atoms with E-state index in [0.717, 1.165) is 48.7 Å². The lowest BCUT2D eigenvalue weighted by Gasteiger charge is -2.32. The van der Waals surface area contributed by atoms with Gasteiger partial charge in [0.2, 0.25) is 0 Å². The minimum atomic E-state index is -0.102. The molecule has 0 aliphatic heterocycles. The van der Waals surface area contributed by atoms with Crippen LogP contribution < -0.4 is 5.32 Å². The first-order chi connectivity index (χ1) is 14.0. The molecule has 0 atom stereocenters. The van der Waals surface area contributed by atoms with Crippen molar-refractivity contribution in [3.8, 4) is 11.1 Å². The van der Waals surface area contributed by atoms with Gasteiger partial charge in [0.05, 0.1) is 5.69 Å². The summed E-state index contributed by atoms with van der Waals surface area (Å²) in [5.74, 6) is 0.817. The van der Waals surface area contributed by atoms with E-state index < -0.39 is 0 Å². The Balaban J connectivity index is 1.90. The molecule has 0 amide bonds. The largest absolute Gasteiger partial charge is 0.362 e. The Kier molecular flexibility index (Phi) is 6.99. The molecule has 0 radical (unpaired) electrons. The monoisotopic (exact) mass is 388 g/mol. The van der Waals surface area contributed by atoms with Gasteiger partial charge in [-0.3, -0.25) is 0 Å². The fourth-order valence-corrected chi connectivity index (χ4v) is 3.66. The number of benzene rings is 2. The molecule has 0 aliphatic carbocycles. The van der Waals surface area contributed by atoms with E-state index in [4.69, 9.17) is 0 Å². The number of nitrogens with one attached hydrogen (secondary N) is 1. The molecule has 3 aromatic rings. The zero-order valence-corrected chi connectivity index (χ0v) is 18.0. The van der Waals surface area contributed by atoms with Crippen molar-refractivity contribution in [3.05, 3.63) is 78.0 Å². The summed E-state index contributed by atoms with van der Waals surface area (Å²) in [7, 11) is 0. The van der Waals surface area contributed by atoms with Crippen molar-refractivity contribution in [1.29, 1.82) is 0 Å².